The lowest BCUT2D eigenvalue weighted by Crippen LogP contribution is -2.53. The molecule has 2 unspecified atom stereocenters. The maximum Gasteiger partial charge on any atom is 0.191 e. The fourth-order valence-corrected chi connectivity index (χ4v) is 6.38. The molecule has 2 atom stereocenters. The molecule has 1 spiro atoms. The Labute approximate surface area is 181 Å². The average Bonchev–Trinajstić information content (AvgIpc) is 2.92. The summed E-state index contributed by atoms with van der Waals surface area (Å²) in [6, 6.07) is 0.663. The number of ether oxygens (including phenoxy) is 1. The zero-order valence-corrected chi connectivity index (χ0v) is 19.9. The summed E-state index contributed by atoms with van der Waals surface area (Å²) in [5, 5.41) is 7.02. The van der Waals surface area contributed by atoms with Crippen LogP contribution < -0.4 is 10.6 Å². The number of aliphatic imine (C=N–C) groups is 1. The van der Waals surface area contributed by atoms with Gasteiger partial charge < -0.3 is 15.4 Å². The minimum atomic E-state index is -2.84. The molecule has 2 aliphatic heterocycles. The Hall–Kier alpha value is -0.0900. The van der Waals surface area contributed by atoms with E-state index in [-0.39, 0.29) is 47.3 Å². The lowest BCUT2D eigenvalue weighted by Gasteiger charge is -2.44. The Morgan fingerprint density at radius 1 is 1.22 bits per heavy atom. The Kier molecular flexibility index (Phi) is 8.67. The van der Waals surface area contributed by atoms with Crippen LogP contribution in [0.3, 0.4) is 0 Å². The van der Waals surface area contributed by atoms with Gasteiger partial charge in [-0.05, 0) is 51.9 Å². The molecule has 2 saturated heterocycles. The van der Waals surface area contributed by atoms with Crippen molar-refractivity contribution in [3.63, 3.8) is 0 Å². The molecule has 0 aromatic carbocycles. The van der Waals surface area contributed by atoms with Crippen molar-refractivity contribution in [3.05, 3.63) is 0 Å². The average molecular weight is 513 g/mol. The molecule has 27 heavy (non-hydrogen) atoms. The van der Waals surface area contributed by atoms with Gasteiger partial charge in [-0.1, -0.05) is 19.3 Å². The van der Waals surface area contributed by atoms with Crippen LogP contribution in [0.15, 0.2) is 4.99 Å². The quantitative estimate of drug-likeness (QED) is 0.344. The van der Waals surface area contributed by atoms with Crippen LogP contribution in [0.1, 0.15) is 65.2 Å². The van der Waals surface area contributed by atoms with Crippen molar-refractivity contribution in [1.29, 1.82) is 0 Å². The van der Waals surface area contributed by atoms with Gasteiger partial charge in [-0.25, -0.2) is 8.42 Å². The van der Waals surface area contributed by atoms with Crippen molar-refractivity contribution >= 4 is 39.8 Å². The molecular weight excluding hydrogens is 477 g/mol. The van der Waals surface area contributed by atoms with Crippen molar-refractivity contribution in [2.24, 2.45) is 10.9 Å². The van der Waals surface area contributed by atoms with Gasteiger partial charge in [0.25, 0.3) is 0 Å². The fraction of sp³-hybridized carbons (Fsp3) is 0.947. The SMILES string of the molecule is CC(C)NC(=NCC1CCS(=O)(=O)C1)NC1CCOC2(CCCCC2)C1.I. The third kappa shape index (κ3) is 7.03. The minimum absolute atomic E-state index is 0. The van der Waals surface area contributed by atoms with Crippen LogP contribution in [0, 0.1) is 5.92 Å². The van der Waals surface area contributed by atoms with E-state index in [0.29, 0.717) is 18.3 Å². The number of nitrogens with zero attached hydrogens (tertiary/aromatic N) is 1. The predicted octanol–water partition coefficient (Wildman–Crippen LogP) is 2.86. The first-order valence-electron chi connectivity index (χ1n) is 10.3. The summed E-state index contributed by atoms with van der Waals surface area (Å²) in [6.45, 7) is 5.59. The molecule has 6 nitrogen and oxygen atoms in total. The fourth-order valence-electron chi connectivity index (χ4n) is 4.53. The first kappa shape index (κ1) is 23.2. The zero-order chi connectivity index (χ0) is 18.6. The van der Waals surface area contributed by atoms with Gasteiger partial charge in [0.1, 0.15) is 0 Å². The van der Waals surface area contributed by atoms with Crippen LogP contribution >= 0.6 is 24.0 Å². The maximum atomic E-state index is 11.7. The number of rotatable bonds is 4. The zero-order valence-electron chi connectivity index (χ0n) is 16.7. The summed E-state index contributed by atoms with van der Waals surface area (Å²) < 4.78 is 29.5. The van der Waals surface area contributed by atoms with Crippen LogP contribution in [-0.2, 0) is 14.6 Å². The van der Waals surface area contributed by atoms with E-state index in [2.05, 4.69) is 24.5 Å². The van der Waals surface area contributed by atoms with Crippen LogP contribution in [0.4, 0.5) is 0 Å². The van der Waals surface area contributed by atoms with Gasteiger partial charge in [0.15, 0.2) is 15.8 Å². The third-order valence-corrected chi connectivity index (χ3v) is 7.70. The lowest BCUT2D eigenvalue weighted by atomic mass is 9.78. The predicted molar refractivity (Wildman–Crippen MR) is 121 cm³/mol. The molecule has 8 heteroatoms. The highest BCUT2D eigenvalue weighted by Crippen LogP contribution is 2.38. The topological polar surface area (TPSA) is 79.8 Å². The van der Waals surface area contributed by atoms with E-state index in [4.69, 9.17) is 9.73 Å². The summed E-state index contributed by atoms with van der Waals surface area (Å²) in [7, 11) is -2.84. The van der Waals surface area contributed by atoms with E-state index in [1.807, 2.05) is 0 Å². The molecule has 3 fully saturated rings. The van der Waals surface area contributed by atoms with E-state index in [1.54, 1.807) is 0 Å². The maximum absolute atomic E-state index is 11.7. The normalized spacial score (nSPS) is 30.1. The first-order chi connectivity index (χ1) is 12.4. The summed E-state index contributed by atoms with van der Waals surface area (Å²) >= 11 is 0. The van der Waals surface area contributed by atoms with Crippen molar-refractivity contribution in [2.45, 2.75) is 82.9 Å². The standard InChI is InChI=1S/C19H35N3O3S.HI/c1-15(2)21-18(20-13-16-7-11-26(23,24)14-16)22-17-6-10-25-19(12-17)8-4-3-5-9-19;/h15-17H,3-14H2,1-2H3,(H2,20,21,22);1H. The molecule has 0 radical (unpaired) electrons. The van der Waals surface area contributed by atoms with Gasteiger partial charge in [0, 0.05) is 25.2 Å². The van der Waals surface area contributed by atoms with Crippen molar-refractivity contribution in [2.75, 3.05) is 24.7 Å². The highest BCUT2D eigenvalue weighted by atomic mass is 127. The highest BCUT2D eigenvalue weighted by molar-refractivity contribution is 14.0. The number of hydrogen-bond donors (Lipinski definition) is 2. The molecular formula is C19H36IN3O3S. The van der Waals surface area contributed by atoms with E-state index < -0.39 is 9.84 Å². The second-order valence-electron chi connectivity index (χ2n) is 8.68. The summed E-state index contributed by atoms with van der Waals surface area (Å²) in [4.78, 5) is 4.73. The van der Waals surface area contributed by atoms with E-state index >= 15 is 0 Å². The van der Waals surface area contributed by atoms with E-state index in [9.17, 15) is 8.42 Å². The van der Waals surface area contributed by atoms with Crippen molar-refractivity contribution in [1.82, 2.24) is 10.6 Å². The van der Waals surface area contributed by atoms with Crippen molar-refractivity contribution in [3.8, 4) is 0 Å². The van der Waals surface area contributed by atoms with Gasteiger partial charge in [-0.15, -0.1) is 24.0 Å². The Balaban J connectivity index is 0.00000261. The van der Waals surface area contributed by atoms with Gasteiger partial charge in [-0.3, -0.25) is 4.99 Å². The Bertz CT molecular complexity index is 598. The highest BCUT2D eigenvalue weighted by Gasteiger charge is 2.38. The molecule has 3 aliphatic rings. The molecule has 3 rings (SSSR count). The molecule has 1 saturated carbocycles. The third-order valence-electron chi connectivity index (χ3n) is 5.86. The monoisotopic (exact) mass is 513 g/mol. The molecule has 2 heterocycles. The molecule has 2 N–H and O–H groups in total. The molecule has 0 aromatic rings. The number of nitrogens with one attached hydrogen (secondary N) is 2. The molecule has 1 aliphatic carbocycles. The van der Waals surface area contributed by atoms with Gasteiger partial charge in [0.2, 0.25) is 0 Å². The number of halogens is 1. The number of sulfone groups is 1. The number of hydrogen-bond acceptors (Lipinski definition) is 4. The van der Waals surface area contributed by atoms with E-state index in [1.165, 1.54) is 32.1 Å². The summed E-state index contributed by atoms with van der Waals surface area (Å²) in [5.74, 6) is 1.58. The molecule has 0 amide bonds. The molecule has 158 valence electrons. The lowest BCUT2D eigenvalue weighted by molar-refractivity contribution is -0.107. The molecule has 0 aromatic heterocycles. The number of guanidine groups is 1. The second kappa shape index (κ2) is 10.1. The van der Waals surface area contributed by atoms with Gasteiger partial charge in [-0.2, -0.15) is 0 Å². The van der Waals surface area contributed by atoms with E-state index in [0.717, 1.165) is 31.8 Å². The smallest absolute Gasteiger partial charge is 0.191 e. The first-order valence-corrected chi connectivity index (χ1v) is 12.1. The molecule has 0 bridgehead atoms. The van der Waals surface area contributed by atoms with Crippen LogP contribution in [0.5, 0.6) is 0 Å². The van der Waals surface area contributed by atoms with Gasteiger partial charge >= 0.3 is 0 Å². The van der Waals surface area contributed by atoms with Crippen LogP contribution in [-0.4, -0.2) is 56.7 Å². The Morgan fingerprint density at radius 2 is 1.96 bits per heavy atom. The minimum Gasteiger partial charge on any atom is -0.375 e. The Morgan fingerprint density at radius 3 is 2.59 bits per heavy atom. The summed E-state index contributed by atoms with van der Waals surface area (Å²) in [6.07, 6.45) is 9.00. The second-order valence-corrected chi connectivity index (χ2v) is 10.9. The van der Waals surface area contributed by atoms with Crippen LogP contribution in [0.2, 0.25) is 0 Å². The largest absolute Gasteiger partial charge is 0.375 e. The van der Waals surface area contributed by atoms with Gasteiger partial charge in [0.05, 0.1) is 17.1 Å². The van der Waals surface area contributed by atoms with Crippen LogP contribution in [0.25, 0.3) is 0 Å². The van der Waals surface area contributed by atoms with Crippen molar-refractivity contribution < 1.29 is 13.2 Å². The summed E-state index contributed by atoms with van der Waals surface area (Å²) in [5.41, 5.74) is 0.0661.